The summed E-state index contributed by atoms with van der Waals surface area (Å²) in [5.41, 5.74) is 0.884. The lowest BCUT2D eigenvalue weighted by atomic mass is 10.1. The summed E-state index contributed by atoms with van der Waals surface area (Å²) in [6, 6.07) is 18.3. The zero-order valence-corrected chi connectivity index (χ0v) is 15.8. The minimum absolute atomic E-state index is 0.192. The van der Waals surface area contributed by atoms with Crippen LogP contribution in [0.2, 0.25) is 0 Å². The second-order valence-electron chi connectivity index (χ2n) is 6.55. The van der Waals surface area contributed by atoms with Gasteiger partial charge in [-0.2, -0.15) is 0 Å². The number of nitrogens with zero attached hydrogens (tertiary/aromatic N) is 1. The fourth-order valence-corrected chi connectivity index (χ4v) is 2.76. The summed E-state index contributed by atoms with van der Waals surface area (Å²) in [4.78, 5) is 37.7. The lowest BCUT2D eigenvalue weighted by Gasteiger charge is -2.17. The monoisotopic (exact) mass is 393 g/mol. The summed E-state index contributed by atoms with van der Waals surface area (Å²) in [5, 5.41) is 7.10. The molecule has 0 heterocycles. The standard InChI is InChI=1S/C22H20FN3O3/c1-26(14-20(27)25-19-10-8-18(23)9-11-19)21(28)13-24-22(29)17-7-6-15-4-2-3-5-16(15)12-17/h2-12H,13-14H2,1H3,(H,24,29)(H,25,27). The van der Waals surface area contributed by atoms with Gasteiger partial charge in [0.05, 0.1) is 13.1 Å². The molecular weight excluding hydrogens is 373 g/mol. The first-order chi connectivity index (χ1) is 13.9. The van der Waals surface area contributed by atoms with Crippen molar-refractivity contribution in [1.29, 1.82) is 0 Å². The molecule has 2 N–H and O–H groups in total. The van der Waals surface area contributed by atoms with E-state index in [0.717, 1.165) is 10.8 Å². The average molecular weight is 393 g/mol. The van der Waals surface area contributed by atoms with Crippen molar-refractivity contribution in [2.75, 3.05) is 25.5 Å². The summed E-state index contributed by atoms with van der Waals surface area (Å²) < 4.78 is 12.9. The van der Waals surface area contributed by atoms with Gasteiger partial charge in [-0.1, -0.05) is 30.3 Å². The second-order valence-corrected chi connectivity index (χ2v) is 6.55. The van der Waals surface area contributed by atoms with Gasteiger partial charge in [0.1, 0.15) is 5.82 Å². The van der Waals surface area contributed by atoms with E-state index in [4.69, 9.17) is 0 Å². The molecule has 0 aromatic heterocycles. The molecule has 3 rings (SSSR count). The molecule has 3 amide bonds. The minimum atomic E-state index is -0.423. The number of amides is 3. The van der Waals surface area contributed by atoms with Crippen LogP contribution in [-0.4, -0.2) is 42.8 Å². The molecule has 0 saturated carbocycles. The van der Waals surface area contributed by atoms with E-state index in [1.54, 1.807) is 12.1 Å². The van der Waals surface area contributed by atoms with Crippen molar-refractivity contribution in [1.82, 2.24) is 10.2 Å². The molecule has 0 saturated heterocycles. The van der Waals surface area contributed by atoms with E-state index in [2.05, 4.69) is 10.6 Å². The van der Waals surface area contributed by atoms with Crippen molar-refractivity contribution in [3.8, 4) is 0 Å². The quantitative estimate of drug-likeness (QED) is 0.676. The lowest BCUT2D eigenvalue weighted by molar-refractivity contribution is -0.132. The maximum absolute atomic E-state index is 12.9. The van der Waals surface area contributed by atoms with Crippen LogP contribution < -0.4 is 10.6 Å². The van der Waals surface area contributed by atoms with Gasteiger partial charge in [-0.25, -0.2) is 4.39 Å². The summed E-state index contributed by atoms with van der Waals surface area (Å²) in [6.45, 7) is -0.423. The fourth-order valence-electron chi connectivity index (χ4n) is 2.76. The molecule has 148 valence electrons. The third kappa shape index (κ3) is 5.38. The van der Waals surface area contributed by atoms with Crippen molar-refractivity contribution in [2.45, 2.75) is 0 Å². The molecule has 0 radical (unpaired) electrons. The van der Waals surface area contributed by atoms with E-state index < -0.39 is 17.6 Å². The van der Waals surface area contributed by atoms with Crippen LogP contribution in [0.1, 0.15) is 10.4 Å². The molecule has 7 heteroatoms. The average Bonchev–Trinajstić information content (AvgIpc) is 2.72. The van der Waals surface area contributed by atoms with E-state index in [1.807, 2.05) is 30.3 Å². The molecule has 0 atom stereocenters. The molecule has 0 aliphatic carbocycles. The van der Waals surface area contributed by atoms with Gasteiger partial charge in [-0.05, 0) is 47.2 Å². The van der Waals surface area contributed by atoms with Crippen LogP contribution in [0.25, 0.3) is 10.8 Å². The Kier molecular flexibility index (Phi) is 6.19. The Hall–Kier alpha value is -3.74. The number of hydrogen-bond donors (Lipinski definition) is 2. The highest BCUT2D eigenvalue weighted by molar-refractivity contribution is 6.00. The number of rotatable bonds is 6. The molecule has 0 aliphatic rings. The number of likely N-dealkylation sites (N-methyl/N-ethyl adjacent to an activating group) is 1. The number of nitrogens with one attached hydrogen (secondary N) is 2. The normalized spacial score (nSPS) is 10.4. The topological polar surface area (TPSA) is 78.5 Å². The Bertz CT molecular complexity index is 1050. The fraction of sp³-hybridized carbons (Fsp3) is 0.136. The molecule has 0 spiro atoms. The van der Waals surface area contributed by atoms with Gasteiger partial charge in [0.15, 0.2) is 0 Å². The van der Waals surface area contributed by atoms with Crippen molar-refractivity contribution in [3.05, 3.63) is 78.1 Å². The van der Waals surface area contributed by atoms with Gasteiger partial charge in [-0.3, -0.25) is 14.4 Å². The third-order valence-electron chi connectivity index (χ3n) is 4.35. The van der Waals surface area contributed by atoms with Crippen molar-refractivity contribution in [3.63, 3.8) is 0 Å². The smallest absolute Gasteiger partial charge is 0.251 e. The number of hydrogen-bond acceptors (Lipinski definition) is 3. The maximum Gasteiger partial charge on any atom is 0.251 e. The maximum atomic E-state index is 12.9. The van der Waals surface area contributed by atoms with Crippen LogP contribution >= 0.6 is 0 Å². The van der Waals surface area contributed by atoms with Gasteiger partial charge in [-0.15, -0.1) is 0 Å². The van der Waals surface area contributed by atoms with Crippen LogP contribution in [0.15, 0.2) is 66.7 Å². The summed E-state index contributed by atoms with van der Waals surface area (Å²) in [6.07, 6.45) is 0. The van der Waals surface area contributed by atoms with E-state index >= 15 is 0 Å². The Labute approximate surface area is 167 Å². The van der Waals surface area contributed by atoms with Gasteiger partial charge in [0.2, 0.25) is 11.8 Å². The largest absolute Gasteiger partial charge is 0.343 e. The van der Waals surface area contributed by atoms with Crippen LogP contribution in [0.4, 0.5) is 10.1 Å². The van der Waals surface area contributed by atoms with Gasteiger partial charge >= 0.3 is 0 Å². The number of fused-ring (bicyclic) bond motifs is 1. The highest BCUT2D eigenvalue weighted by Crippen LogP contribution is 2.15. The zero-order chi connectivity index (χ0) is 20.8. The molecule has 6 nitrogen and oxygen atoms in total. The second kappa shape index (κ2) is 8.97. The third-order valence-corrected chi connectivity index (χ3v) is 4.35. The number of benzene rings is 3. The summed E-state index contributed by atoms with van der Waals surface area (Å²) >= 11 is 0. The first-order valence-electron chi connectivity index (χ1n) is 8.99. The molecule has 0 bridgehead atoms. The Morgan fingerprint density at radius 2 is 1.62 bits per heavy atom. The van der Waals surface area contributed by atoms with E-state index in [1.165, 1.54) is 36.2 Å². The van der Waals surface area contributed by atoms with Crippen LogP contribution in [0.5, 0.6) is 0 Å². The molecule has 3 aromatic rings. The summed E-state index contributed by atoms with van der Waals surface area (Å²) in [5.74, 6) is -1.60. The first-order valence-corrected chi connectivity index (χ1v) is 8.99. The molecule has 29 heavy (non-hydrogen) atoms. The van der Waals surface area contributed by atoms with Crippen LogP contribution in [0.3, 0.4) is 0 Å². The predicted molar refractivity (Wildman–Crippen MR) is 109 cm³/mol. The first kappa shape index (κ1) is 20.0. The van der Waals surface area contributed by atoms with Crippen molar-refractivity contribution in [2.24, 2.45) is 0 Å². The molecule has 0 unspecified atom stereocenters. The molecular formula is C22H20FN3O3. The minimum Gasteiger partial charge on any atom is -0.343 e. The Morgan fingerprint density at radius 1 is 0.931 bits per heavy atom. The van der Waals surface area contributed by atoms with Gasteiger partial charge < -0.3 is 15.5 Å². The van der Waals surface area contributed by atoms with E-state index in [0.29, 0.717) is 11.3 Å². The molecule has 0 fully saturated rings. The number of carbonyl (C=O) groups excluding carboxylic acids is 3. The van der Waals surface area contributed by atoms with Crippen molar-refractivity contribution < 1.29 is 18.8 Å². The van der Waals surface area contributed by atoms with E-state index in [-0.39, 0.29) is 19.0 Å². The molecule has 0 aliphatic heterocycles. The van der Waals surface area contributed by atoms with Crippen LogP contribution in [-0.2, 0) is 9.59 Å². The number of carbonyl (C=O) groups is 3. The SMILES string of the molecule is CN(CC(=O)Nc1ccc(F)cc1)C(=O)CNC(=O)c1ccc2ccccc2c1. The number of anilines is 1. The van der Waals surface area contributed by atoms with E-state index in [9.17, 15) is 18.8 Å². The highest BCUT2D eigenvalue weighted by atomic mass is 19.1. The van der Waals surface area contributed by atoms with Gasteiger partial charge in [0.25, 0.3) is 5.91 Å². The zero-order valence-electron chi connectivity index (χ0n) is 15.8. The van der Waals surface area contributed by atoms with Crippen molar-refractivity contribution >= 4 is 34.2 Å². The van der Waals surface area contributed by atoms with Gasteiger partial charge in [0, 0.05) is 18.3 Å². The lowest BCUT2D eigenvalue weighted by Crippen LogP contribution is -2.41. The Balaban J connectivity index is 1.50. The van der Waals surface area contributed by atoms with Crippen LogP contribution in [0, 0.1) is 5.82 Å². The number of halogens is 1. The summed E-state index contributed by atoms with van der Waals surface area (Å²) in [7, 11) is 1.47. The highest BCUT2D eigenvalue weighted by Gasteiger charge is 2.15. The molecule has 3 aromatic carbocycles. The predicted octanol–water partition coefficient (Wildman–Crippen LogP) is 2.81. The Morgan fingerprint density at radius 3 is 2.34 bits per heavy atom.